The van der Waals surface area contributed by atoms with Crippen LogP contribution in [0.5, 0.6) is 0 Å². The fourth-order valence-corrected chi connectivity index (χ4v) is 2.54. The molecule has 1 N–H and O–H groups in total. The molecule has 96 valence electrons. The minimum absolute atomic E-state index is 0.191. The fraction of sp³-hybridized carbons (Fsp3) is 1.00. The number of nitrogens with zero attached hydrogens (tertiary/aromatic N) is 1. The third-order valence-corrected chi connectivity index (χ3v) is 3.51. The molecule has 1 heterocycles. The zero-order valence-electron chi connectivity index (χ0n) is 11.0. The molecule has 0 bridgehead atoms. The van der Waals surface area contributed by atoms with Crippen molar-refractivity contribution in [3.63, 3.8) is 0 Å². The molecular weight excluding hydrogens is 202 g/mol. The van der Waals surface area contributed by atoms with Gasteiger partial charge in [0.05, 0.1) is 12.2 Å². The van der Waals surface area contributed by atoms with Crippen LogP contribution in [-0.2, 0) is 4.74 Å². The van der Waals surface area contributed by atoms with E-state index in [1.54, 1.807) is 7.11 Å². The molecule has 1 aliphatic heterocycles. The molecule has 1 rings (SSSR count). The first-order chi connectivity index (χ1) is 7.63. The van der Waals surface area contributed by atoms with Crippen molar-refractivity contribution < 1.29 is 9.84 Å². The molecule has 3 atom stereocenters. The highest BCUT2D eigenvalue weighted by molar-refractivity contribution is 4.78. The van der Waals surface area contributed by atoms with Gasteiger partial charge in [0.1, 0.15) is 0 Å². The zero-order valence-corrected chi connectivity index (χ0v) is 11.0. The molecule has 0 radical (unpaired) electrons. The minimum atomic E-state index is -0.191. The van der Waals surface area contributed by atoms with E-state index in [4.69, 9.17) is 4.74 Å². The first-order valence-electron chi connectivity index (χ1n) is 6.58. The monoisotopic (exact) mass is 229 g/mol. The van der Waals surface area contributed by atoms with Crippen molar-refractivity contribution in [2.75, 3.05) is 20.2 Å². The molecule has 0 aromatic heterocycles. The van der Waals surface area contributed by atoms with E-state index in [9.17, 15) is 5.11 Å². The van der Waals surface area contributed by atoms with Crippen molar-refractivity contribution >= 4 is 0 Å². The quantitative estimate of drug-likeness (QED) is 0.783. The smallest absolute Gasteiger partial charge is 0.0670 e. The lowest BCUT2D eigenvalue weighted by atomic mass is 10.0. The SMILES string of the molecule is COC(C)CN1CCCCCC1CC(C)O. The summed E-state index contributed by atoms with van der Waals surface area (Å²) in [6, 6.07) is 0.542. The van der Waals surface area contributed by atoms with Crippen LogP contribution in [0.25, 0.3) is 0 Å². The molecule has 0 amide bonds. The largest absolute Gasteiger partial charge is 0.393 e. The van der Waals surface area contributed by atoms with Crippen molar-refractivity contribution in [2.24, 2.45) is 0 Å². The number of aliphatic hydroxyl groups is 1. The van der Waals surface area contributed by atoms with E-state index in [-0.39, 0.29) is 12.2 Å². The predicted molar refractivity (Wildman–Crippen MR) is 66.6 cm³/mol. The molecule has 3 unspecified atom stereocenters. The number of rotatable bonds is 5. The molecule has 3 heteroatoms. The maximum absolute atomic E-state index is 9.55. The Labute approximate surface area is 99.8 Å². The lowest BCUT2D eigenvalue weighted by molar-refractivity contribution is 0.0461. The number of likely N-dealkylation sites (tertiary alicyclic amines) is 1. The summed E-state index contributed by atoms with van der Waals surface area (Å²) in [4.78, 5) is 2.51. The summed E-state index contributed by atoms with van der Waals surface area (Å²) in [6.45, 7) is 6.16. The van der Waals surface area contributed by atoms with Crippen molar-refractivity contribution in [3.05, 3.63) is 0 Å². The van der Waals surface area contributed by atoms with Gasteiger partial charge in [-0.2, -0.15) is 0 Å². The molecule has 1 saturated heterocycles. The van der Waals surface area contributed by atoms with Gasteiger partial charge in [-0.15, -0.1) is 0 Å². The van der Waals surface area contributed by atoms with Crippen molar-refractivity contribution in [3.8, 4) is 0 Å². The van der Waals surface area contributed by atoms with Gasteiger partial charge in [0.25, 0.3) is 0 Å². The standard InChI is InChI=1S/C13H27NO2/c1-11(15)9-13-7-5-4-6-8-14(13)10-12(2)16-3/h11-13,15H,4-10H2,1-3H3. The maximum atomic E-state index is 9.55. The highest BCUT2D eigenvalue weighted by atomic mass is 16.5. The van der Waals surface area contributed by atoms with Crippen molar-refractivity contribution in [1.82, 2.24) is 4.90 Å². The lowest BCUT2D eigenvalue weighted by Gasteiger charge is -2.32. The van der Waals surface area contributed by atoms with Gasteiger partial charge >= 0.3 is 0 Å². The number of methoxy groups -OCH3 is 1. The third kappa shape index (κ3) is 4.81. The summed E-state index contributed by atoms with van der Waals surface area (Å²) in [5.74, 6) is 0. The molecule has 1 aliphatic rings. The summed E-state index contributed by atoms with van der Waals surface area (Å²) < 4.78 is 5.34. The van der Waals surface area contributed by atoms with Crippen LogP contribution in [0, 0.1) is 0 Å². The molecule has 3 nitrogen and oxygen atoms in total. The molecular formula is C13H27NO2. The number of ether oxygens (including phenoxy) is 1. The van der Waals surface area contributed by atoms with E-state index < -0.39 is 0 Å². The van der Waals surface area contributed by atoms with Crippen LogP contribution >= 0.6 is 0 Å². The highest BCUT2D eigenvalue weighted by Crippen LogP contribution is 2.21. The number of hydrogen-bond acceptors (Lipinski definition) is 3. The van der Waals surface area contributed by atoms with E-state index in [2.05, 4.69) is 11.8 Å². The van der Waals surface area contributed by atoms with Gasteiger partial charge in [-0.3, -0.25) is 4.90 Å². The lowest BCUT2D eigenvalue weighted by Crippen LogP contribution is -2.41. The van der Waals surface area contributed by atoms with Crippen LogP contribution in [0.2, 0.25) is 0 Å². The van der Waals surface area contributed by atoms with Crippen LogP contribution < -0.4 is 0 Å². The molecule has 0 aromatic rings. The first kappa shape index (κ1) is 13.9. The second-order valence-electron chi connectivity index (χ2n) is 5.13. The summed E-state index contributed by atoms with van der Waals surface area (Å²) in [5.41, 5.74) is 0. The third-order valence-electron chi connectivity index (χ3n) is 3.51. The molecule has 16 heavy (non-hydrogen) atoms. The van der Waals surface area contributed by atoms with Crippen LogP contribution in [0.3, 0.4) is 0 Å². The average molecular weight is 229 g/mol. The Morgan fingerprint density at radius 3 is 2.69 bits per heavy atom. The van der Waals surface area contributed by atoms with Gasteiger partial charge < -0.3 is 9.84 Å². The number of aliphatic hydroxyl groups excluding tert-OH is 1. The fourth-order valence-electron chi connectivity index (χ4n) is 2.54. The van der Waals surface area contributed by atoms with E-state index in [1.165, 1.54) is 25.7 Å². The van der Waals surface area contributed by atoms with E-state index in [1.807, 2.05) is 6.92 Å². The van der Waals surface area contributed by atoms with Crippen LogP contribution in [-0.4, -0.2) is 48.5 Å². The van der Waals surface area contributed by atoms with E-state index >= 15 is 0 Å². The normalized spacial score (nSPS) is 27.4. The van der Waals surface area contributed by atoms with Crippen molar-refractivity contribution in [2.45, 2.75) is 64.2 Å². The van der Waals surface area contributed by atoms with Crippen molar-refractivity contribution in [1.29, 1.82) is 0 Å². The Hall–Kier alpha value is -0.120. The summed E-state index contributed by atoms with van der Waals surface area (Å²) >= 11 is 0. The molecule has 0 spiro atoms. The predicted octanol–water partition coefficient (Wildman–Crippen LogP) is 2.04. The Morgan fingerprint density at radius 1 is 1.31 bits per heavy atom. The Bertz CT molecular complexity index is 185. The minimum Gasteiger partial charge on any atom is -0.393 e. The molecule has 0 aromatic carbocycles. The average Bonchev–Trinajstić information content (AvgIpc) is 2.44. The molecule has 0 aliphatic carbocycles. The Balaban J connectivity index is 2.51. The second kappa shape index (κ2) is 7.25. The van der Waals surface area contributed by atoms with Gasteiger partial charge in [0.15, 0.2) is 0 Å². The summed E-state index contributed by atoms with van der Waals surface area (Å²) in [7, 11) is 1.77. The topological polar surface area (TPSA) is 32.7 Å². The van der Waals surface area contributed by atoms with Gasteiger partial charge in [-0.05, 0) is 39.7 Å². The highest BCUT2D eigenvalue weighted by Gasteiger charge is 2.23. The molecule has 0 saturated carbocycles. The van der Waals surface area contributed by atoms with E-state index in [0.717, 1.165) is 19.5 Å². The number of hydrogen-bond donors (Lipinski definition) is 1. The summed E-state index contributed by atoms with van der Waals surface area (Å²) in [5, 5.41) is 9.55. The van der Waals surface area contributed by atoms with Crippen LogP contribution in [0.15, 0.2) is 0 Å². The van der Waals surface area contributed by atoms with Gasteiger partial charge in [-0.25, -0.2) is 0 Å². The second-order valence-corrected chi connectivity index (χ2v) is 5.13. The van der Waals surface area contributed by atoms with Gasteiger partial charge in [0, 0.05) is 19.7 Å². The van der Waals surface area contributed by atoms with E-state index in [0.29, 0.717) is 6.04 Å². The van der Waals surface area contributed by atoms with Gasteiger partial charge in [0.2, 0.25) is 0 Å². The molecule has 1 fully saturated rings. The Kier molecular flexibility index (Phi) is 6.32. The van der Waals surface area contributed by atoms with Gasteiger partial charge in [-0.1, -0.05) is 12.8 Å². The van der Waals surface area contributed by atoms with Crippen LogP contribution in [0.4, 0.5) is 0 Å². The first-order valence-corrected chi connectivity index (χ1v) is 6.58. The Morgan fingerprint density at radius 2 is 2.06 bits per heavy atom. The summed E-state index contributed by atoms with van der Waals surface area (Å²) in [6.07, 6.45) is 6.13. The van der Waals surface area contributed by atoms with Crippen LogP contribution in [0.1, 0.15) is 46.0 Å². The zero-order chi connectivity index (χ0) is 12.0. The maximum Gasteiger partial charge on any atom is 0.0670 e.